The summed E-state index contributed by atoms with van der Waals surface area (Å²) >= 11 is 0. The Balaban J connectivity index is 1.92. The van der Waals surface area contributed by atoms with Gasteiger partial charge in [0.2, 0.25) is 0 Å². The highest BCUT2D eigenvalue weighted by atomic mass is 16.7. The van der Waals surface area contributed by atoms with E-state index >= 15 is 0 Å². The van der Waals surface area contributed by atoms with Gasteiger partial charge in [0.15, 0.2) is 0 Å². The molecule has 0 unspecified atom stereocenters. The van der Waals surface area contributed by atoms with E-state index in [-0.39, 0.29) is 0 Å². The minimum atomic E-state index is -0.516. The molecule has 0 amide bonds. The van der Waals surface area contributed by atoms with Crippen molar-refractivity contribution in [2.24, 2.45) is 0 Å². The predicted octanol–water partition coefficient (Wildman–Crippen LogP) is 2.60. The molecule has 0 spiro atoms. The van der Waals surface area contributed by atoms with Crippen LogP contribution in [0.4, 0.5) is 0 Å². The average molecular weight is 314 g/mol. The Morgan fingerprint density at radius 1 is 1.13 bits per heavy atom. The number of hydrogen-bond donors (Lipinski definition) is 0. The number of carbonyl (C=O) groups is 1. The maximum Gasteiger partial charge on any atom is 0.495 e. The van der Waals surface area contributed by atoms with E-state index in [0.29, 0.717) is 12.2 Å². The van der Waals surface area contributed by atoms with Crippen LogP contribution in [0.1, 0.15) is 50.0 Å². The summed E-state index contributed by atoms with van der Waals surface area (Å²) in [5, 5.41) is 0. The van der Waals surface area contributed by atoms with E-state index < -0.39 is 18.3 Å². The van der Waals surface area contributed by atoms with Crippen LogP contribution in [0.15, 0.2) is 24.3 Å². The lowest BCUT2D eigenvalue weighted by Gasteiger charge is -2.32. The van der Waals surface area contributed by atoms with E-state index in [1.165, 1.54) is 5.57 Å². The molecule has 0 aliphatic carbocycles. The number of benzene rings is 1. The summed E-state index contributed by atoms with van der Waals surface area (Å²) < 4.78 is 17.5. The van der Waals surface area contributed by atoms with Gasteiger partial charge in [0.05, 0.1) is 24.4 Å². The van der Waals surface area contributed by atoms with Gasteiger partial charge in [-0.15, -0.1) is 0 Å². The minimum Gasteiger partial charge on any atom is -0.399 e. The lowest BCUT2D eigenvalue weighted by atomic mass is 9.75. The van der Waals surface area contributed by atoms with Gasteiger partial charge in [-0.3, -0.25) is 4.79 Å². The standard InChI is InChI=1S/C18H23BO4/c1-17(2)18(3,4)23-19(22-17)16-6-5-14(11-15(16)12-20)13-7-9-21-10-8-13/h5-7,11-12H,8-10H2,1-4H3. The Morgan fingerprint density at radius 2 is 1.83 bits per heavy atom. The molecule has 1 fully saturated rings. The van der Waals surface area contributed by atoms with Gasteiger partial charge < -0.3 is 14.0 Å². The summed E-state index contributed by atoms with van der Waals surface area (Å²) in [5.74, 6) is 0. The Hall–Kier alpha value is -1.43. The SMILES string of the molecule is CC1(C)OB(c2ccc(C3=CCOCC3)cc2C=O)OC1(C)C. The molecule has 0 N–H and O–H groups in total. The highest BCUT2D eigenvalue weighted by molar-refractivity contribution is 6.63. The first-order valence-electron chi connectivity index (χ1n) is 8.06. The highest BCUT2D eigenvalue weighted by Crippen LogP contribution is 2.36. The lowest BCUT2D eigenvalue weighted by Crippen LogP contribution is -2.41. The van der Waals surface area contributed by atoms with Crippen LogP contribution < -0.4 is 5.46 Å². The molecule has 2 aliphatic rings. The fourth-order valence-corrected chi connectivity index (χ4v) is 2.85. The largest absolute Gasteiger partial charge is 0.495 e. The molecule has 2 aliphatic heterocycles. The molecule has 0 bridgehead atoms. The molecule has 23 heavy (non-hydrogen) atoms. The van der Waals surface area contributed by atoms with Crippen molar-refractivity contribution in [2.45, 2.75) is 45.3 Å². The Bertz CT molecular complexity index is 632. The third kappa shape index (κ3) is 3.01. The molecule has 1 aromatic carbocycles. The Kier molecular flexibility index (Phi) is 4.21. The fourth-order valence-electron chi connectivity index (χ4n) is 2.85. The van der Waals surface area contributed by atoms with E-state index in [1.807, 2.05) is 45.9 Å². The number of aldehydes is 1. The molecular weight excluding hydrogens is 291 g/mol. The van der Waals surface area contributed by atoms with E-state index in [2.05, 4.69) is 6.08 Å². The van der Waals surface area contributed by atoms with Gasteiger partial charge in [-0.25, -0.2) is 0 Å². The van der Waals surface area contributed by atoms with Gasteiger partial charge in [0, 0.05) is 5.56 Å². The van der Waals surface area contributed by atoms with Crippen molar-refractivity contribution < 1.29 is 18.8 Å². The summed E-state index contributed by atoms with van der Waals surface area (Å²) in [6.07, 6.45) is 3.82. The van der Waals surface area contributed by atoms with Crippen LogP contribution in [0.25, 0.3) is 5.57 Å². The van der Waals surface area contributed by atoms with Crippen molar-refractivity contribution in [3.63, 3.8) is 0 Å². The van der Waals surface area contributed by atoms with E-state index in [4.69, 9.17) is 14.0 Å². The molecule has 1 aromatic rings. The zero-order valence-corrected chi connectivity index (χ0v) is 14.2. The molecule has 3 rings (SSSR count). The summed E-state index contributed by atoms with van der Waals surface area (Å²) in [6, 6.07) is 5.90. The quantitative estimate of drug-likeness (QED) is 0.635. The molecule has 0 atom stereocenters. The van der Waals surface area contributed by atoms with Gasteiger partial charge in [-0.05, 0) is 56.8 Å². The van der Waals surface area contributed by atoms with Gasteiger partial charge in [0.25, 0.3) is 0 Å². The second kappa shape index (κ2) is 5.89. The lowest BCUT2D eigenvalue weighted by molar-refractivity contribution is 0.00578. The van der Waals surface area contributed by atoms with E-state index in [0.717, 1.165) is 30.3 Å². The first-order valence-corrected chi connectivity index (χ1v) is 8.06. The molecule has 0 saturated carbocycles. The number of ether oxygens (including phenoxy) is 1. The smallest absolute Gasteiger partial charge is 0.399 e. The predicted molar refractivity (Wildman–Crippen MR) is 91.0 cm³/mol. The maximum atomic E-state index is 11.6. The normalized spacial score (nSPS) is 22.8. The van der Waals surface area contributed by atoms with Crippen molar-refractivity contribution in [1.82, 2.24) is 0 Å². The third-order valence-corrected chi connectivity index (χ3v) is 5.06. The molecule has 1 saturated heterocycles. The van der Waals surface area contributed by atoms with Gasteiger partial charge in [-0.2, -0.15) is 0 Å². The highest BCUT2D eigenvalue weighted by Gasteiger charge is 2.52. The van der Waals surface area contributed by atoms with Crippen molar-refractivity contribution in [3.05, 3.63) is 35.4 Å². The van der Waals surface area contributed by atoms with Crippen LogP contribution in [-0.4, -0.2) is 37.8 Å². The second-order valence-corrected chi connectivity index (χ2v) is 7.10. The van der Waals surface area contributed by atoms with Crippen LogP contribution in [0, 0.1) is 0 Å². The van der Waals surface area contributed by atoms with Gasteiger partial charge in [0.1, 0.15) is 6.29 Å². The summed E-state index contributed by atoms with van der Waals surface area (Å²) in [4.78, 5) is 11.6. The molecule has 0 radical (unpaired) electrons. The van der Waals surface area contributed by atoms with Crippen molar-refractivity contribution in [1.29, 1.82) is 0 Å². The van der Waals surface area contributed by atoms with Crippen LogP contribution in [0.3, 0.4) is 0 Å². The van der Waals surface area contributed by atoms with Crippen LogP contribution in [0.2, 0.25) is 0 Å². The van der Waals surface area contributed by atoms with Crippen molar-refractivity contribution in [2.75, 3.05) is 13.2 Å². The monoisotopic (exact) mass is 314 g/mol. The van der Waals surface area contributed by atoms with Crippen molar-refractivity contribution >= 4 is 24.4 Å². The van der Waals surface area contributed by atoms with Crippen LogP contribution in [0.5, 0.6) is 0 Å². The van der Waals surface area contributed by atoms with Gasteiger partial charge >= 0.3 is 7.12 Å². The summed E-state index contributed by atoms with van der Waals surface area (Å²) in [6.45, 7) is 9.39. The topological polar surface area (TPSA) is 44.8 Å². The minimum absolute atomic E-state index is 0.417. The Labute approximate surface area is 138 Å². The number of carbonyl (C=O) groups excluding carboxylic acids is 1. The summed E-state index contributed by atoms with van der Waals surface area (Å²) in [7, 11) is -0.516. The molecule has 0 aromatic heterocycles. The second-order valence-electron chi connectivity index (χ2n) is 7.10. The summed E-state index contributed by atoms with van der Waals surface area (Å²) in [5.41, 5.74) is 2.86. The maximum absolute atomic E-state index is 11.6. The van der Waals surface area contributed by atoms with Crippen LogP contribution >= 0.6 is 0 Å². The van der Waals surface area contributed by atoms with E-state index in [1.54, 1.807) is 0 Å². The van der Waals surface area contributed by atoms with Gasteiger partial charge in [-0.1, -0.05) is 18.2 Å². The number of hydrogen-bond acceptors (Lipinski definition) is 4. The zero-order chi connectivity index (χ0) is 16.7. The third-order valence-electron chi connectivity index (χ3n) is 5.06. The fraction of sp³-hybridized carbons (Fsp3) is 0.500. The Morgan fingerprint density at radius 3 is 2.39 bits per heavy atom. The number of rotatable bonds is 3. The van der Waals surface area contributed by atoms with Crippen molar-refractivity contribution in [3.8, 4) is 0 Å². The van der Waals surface area contributed by atoms with Crippen LogP contribution in [-0.2, 0) is 14.0 Å². The molecule has 2 heterocycles. The average Bonchev–Trinajstić information content (AvgIpc) is 2.75. The first-order chi connectivity index (χ1) is 10.8. The first kappa shape index (κ1) is 16.4. The molecule has 4 nitrogen and oxygen atoms in total. The molecule has 122 valence electrons. The van der Waals surface area contributed by atoms with E-state index in [9.17, 15) is 4.79 Å². The molecular formula is C18H23BO4. The zero-order valence-electron chi connectivity index (χ0n) is 14.2. The molecule has 5 heteroatoms.